The molecule has 0 spiro atoms. The summed E-state index contributed by atoms with van der Waals surface area (Å²) in [5, 5.41) is 0. The minimum atomic E-state index is 0.421. The van der Waals surface area contributed by atoms with Gasteiger partial charge in [0.1, 0.15) is 0 Å². The molecule has 70 valence electrons. The van der Waals surface area contributed by atoms with Crippen LogP contribution in [-0.4, -0.2) is 6.04 Å². The van der Waals surface area contributed by atoms with Crippen molar-refractivity contribution < 1.29 is 0 Å². The third-order valence-electron chi connectivity index (χ3n) is 2.87. The first-order valence-electron chi connectivity index (χ1n) is 5.04. The number of benzene rings is 1. The molecule has 0 saturated heterocycles. The minimum absolute atomic E-state index is 0.421. The van der Waals surface area contributed by atoms with Crippen molar-refractivity contribution in [2.75, 3.05) is 0 Å². The average Bonchev–Trinajstić information content (AvgIpc) is 2.83. The highest BCUT2D eigenvalue weighted by atomic mass is 14.7. The quantitative estimate of drug-likeness (QED) is 0.734. The van der Waals surface area contributed by atoms with Crippen molar-refractivity contribution in [3.05, 3.63) is 35.4 Å². The fraction of sp³-hybridized carbons (Fsp3) is 0.500. The lowest BCUT2D eigenvalue weighted by molar-refractivity contribution is 0.864. The molecule has 1 aromatic rings. The SMILES string of the molecule is CC(C)c1ccc([C@H]2C[C@@H]2N)cc1. The van der Waals surface area contributed by atoms with Gasteiger partial charge < -0.3 is 5.73 Å². The van der Waals surface area contributed by atoms with Crippen LogP contribution in [0.5, 0.6) is 0 Å². The Hall–Kier alpha value is -0.820. The van der Waals surface area contributed by atoms with E-state index in [9.17, 15) is 0 Å². The lowest BCUT2D eigenvalue weighted by Crippen LogP contribution is -2.00. The highest BCUT2D eigenvalue weighted by Gasteiger charge is 2.34. The Morgan fingerprint density at radius 1 is 1.23 bits per heavy atom. The van der Waals surface area contributed by atoms with Gasteiger partial charge in [0, 0.05) is 12.0 Å². The molecule has 1 saturated carbocycles. The molecule has 1 aliphatic carbocycles. The third-order valence-corrected chi connectivity index (χ3v) is 2.87. The van der Waals surface area contributed by atoms with Crippen molar-refractivity contribution in [3.8, 4) is 0 Å². The Bertz CT molecular complexity index is 286. The van der Waals surface area contributed by atoms with Gasteiger partial charge in [-0.05, 0) is 23.5 Å². The summed E-state index contributed by atoms with van der Waals surface area (Å²) < 4.78 is 0. The molecule has 2 rings (SSSR count). The number of hydrogen-bond acceptors (Lipinski definition) is 1. The first-order valence-corrected chi connectivity index (χ1v) is 5.04. The van der Waals surface area contributed by atoms with Gasteiger partial charge in [0.15, 0.2) is 0 Å². The van der Waals surface area contributed by atoms with Gasteiger partial charge >= 0.3 is 0 Å². The van der Waals surface area contributed by atoms with E-state index in [0.29, 0.717) is 17.9 Å². The molecule has 1 fully saturated rings. The maximum atomic E-state index is 5.80. The molecule has 13 heavy (non-hydrogen) atoms. The lowest BCUT2D eigenvalue weighted by atomic mass is 10.0. The van der Waals surface area contributed by atoms with Crippen LogP contribution in [0.2, 0.25) is 0 Å². The summed E-state index contributed by atoms with van der Waals surface area (Å²) >= 11 is 0. The zero-order chi connectivity index (χ0) is 9.42. The number of nitrogens with two attached hydrogens (primary N) is 1. The van der Waals surface area contributed by atoms with Crippen molar-refractivity contribution in [1.29, 1.82) is 0 Å². The second-order valence-corrected chi connectivity index (χ2v) is 4.33. The molecular weight excluding hydrogens is 158 g/mol. The molecule has 0 amide bonds. The Morgan fingerprint density at radius 3 is 2.15 bits per heavy atom. The van der Waals surface area contributed by atoms with E-state index in [1.807, 2.05) is 0 Å². The monoisotopic (exact) mass is 175 g/mol. The highest BCUT2D eigenvalue weighted by molar-refractivity contribution is 5.31. The third kappa shape index (κ3) is 1.75. The van der Waals surface area contributed by atoms with Gasteiger partial charge in [-0.2, -0.15) is 0 Å². The standard InChI is InChI=1S/C12H17N/c1-8(2)9-3-5-10(6-4-9)11-7-12(11)13/h3-6,8,11-12H,7,13H2,1-2H3/t11-,12+/m1/s1. The van der Waals surface area contributed by atoms with Gasteiger partial charge in [-0.1, -0.05) is 38.1 Å². The van der Waals surface area contributed by atoms with Gasteiger partial charge in [0.25, 0.3) is 0 Å². The predicted octanol–water partition coefficient (Wildman–Crippen LogP) is 2.62. The van der Waals surface area contributed by atoms with E-state index in [1.165, 1.54) is 17.5 Å². The van der Waals surface area contributed by atoms with Crippen molar-refractivity contribution >= 4 is 0 Å². The average molecular weight is 175 g/mol. The van der Waals surface area contributed by atoms with Crippen molar-refractivity contribution in [3.63, 3.8) is 0 Å². The fourth-order valence-electron chi connectivity index (χ4n) is 1.73. The van der Waals surface area contributed by atoms with Gasteiger partial charge in [-0.25, -0.2) is 0 Å². The van der Waals surface area contributed by atoms with Gasteiger partial charge in [0.2, 0.25) is 0 Å². The molecular formula is C12H17N. The summed E-state index contributed by atoms with van der Waals surface area (Å²) in [7, 11) is 0. The molecule has 1 nitrogen and oxygen atoms in total. The summed E-state index contributed by atoms with van der Waals surface area (Å²) in [5.74, 6) is 1.27. The maximum Gasteiger partial charge on any atom is 0.0115 e. The van der Waals surface area contributed by atoms with E-state index < -0.39 is 0 Å². The molecule has 1 aromatic carbocycles. The Kier molecular flexibility index (Phi) is 2.12. The number of hydrogen-bond donors (Lipinski definition) is 1. The molecule has 1 aliphatic rings. The topological polar surface area (TPSA) is 26.0 Å². The molecule has 0 aromatic heterocycles. The zero-order valence-electron chi connectivity index (χ0n) is 8.33. The Labute approximate surface area is 80.0 Å². The summed E-state index contributed by atoms with van der Waals surface area (Å²) in [6.07, 6.45) is 1.17. The van der Waals surface area contributed by atoms with Gasteiger partial charge in [0.05, 0.1) is 0 Å². The first-order chi connectivity index (χ1) is 6.18. The van der Waals surface area contributed by atoms with Crippen LogP contribution in [0.4, 0.5) is 0 Å². The molecule has 2 N–H and O–H groups in total. The molecule has 0 bridgehead atoms. The van der Waals surface area contributed by atoms with Crippen LogP contribution in [0.3, 0.4) is 0 Å². The van der Waals surface area contributed by atoms with Crippen LogP contribution in [-0.2, 0) is 0 Å². The van der Waals surface area contributed by atoms with E-state index in [4.69, 9.17) is 5.73 Å². The molecule has 0 radical (unpaired) electrons. The molecule has 0 unspecified atom stereocenters. The minimum Gasteiger partial charge on any atom is -0.327 e. The second-order valence-electron chi connectivity index (χ2n) is 4.33. The van der Waals surface area contributed by atoms with E-state index in [-0.39, 0.29) is 0 Å². The van der Waals surface area contributed by atoms with Crippen LogP contribution in [0.25, 0.3) is 0 Å². The summed E-state index contributed by atoms with van der Waals surface area (Å²) in [6, 6.07) is 9.33. The van der Waals surface area contributed by atoms with E-state index in [1.54, 1.807) is 0 Å². The highest BCUT2D eigenvalue weighted by Crippen LogP contribution is 2.39. The van der Waals surface area contributed by atoms with Gasteiger partial charge in [-0.15, -0.1) is 0 Å². The summed E-state index contributed by atoms with van der Waals surface area (Å²) in [4.78, 5) is 0. The molecule has 0 heterocycles. The van der Waals surface area contributed by atoms with Crippen LogP contribution in [0, 0.1) is 0 Å². The number of rotatable bonds is 2. The maximum absolute atomic E-state index is 5.80. The second kappa shape index (κ2) is 3.15. The molecule has 1 heteroatoms. The van der Waals surface area contributed by atoms with Crippen molar-refractivity contribution in [1.82, 2.24) is 0 Å². The normalized spacial score (nSPS) is 26.5. The largest absolute Gasteiger partial charge is 0.327 e. The predicted molar refractivity (Wildman–Crippen MR) is 55.9 cm³/mol. The van der Waals surface area contributed by atoms with E-state index in [2.05, 4.69) is 38.1 Å². The fourth-order valence-corrected chi connectivity index (χ4v) is 1.73. The summed E-state index contributed by atoms with van der Waals surface area (Å²) in [5.41, 5.74) is 8.62. The first kappa shape index (κ1) is 8.76. The molecule has 0 aliphatic heterocycles. The lowest BCUT2D eigenvalue weighted by Gasteiger charge is -2.05. The van der Waals surface area contributed by atoms with Crippen molar-refractivity contribution in [2.24, 2.45) is 5.73 Å². The smallest absolute Gasteiger partial charge is 0.0115 e. The molecule has 2 atom stereocenters. The van der Waals surface area contributed by atoms with E-state index >= 15 is 0 Å². The van der Waals surface area contributed by atoms with Crippen LogP contribution in [0.15, 0.2) is 24.3 Å². The zero-order valence-corrected chi connectivity index (χ0v) is 8.33. The van der Waals surface area contributed by atoms with Crippen LogP contribution < -0.4 is 5.73 Å². The van der Waals surface area contributed by atoms with E-state index in [0.717, 1.165) is 0 Å². The summed E-state index contributed by atoms with van der Waals surface area (Å²) in [6.45, 7) is 4.44. The van der Waals surface area contributed by atoms with Crippen LogP contribution >= 0.6 is 0 Å². The van der Waals surface area contributed by atoms with Crippen LogP contribution in [0.1, 0.15) is 43.2 Å². The Balaban J connectivity index is 2.14. The van der Waals surface area contributed by atoms with Gasteiger partial charge in [-0.3, -0.25) is 0 Å². The Morgan fingerprint density at radius 2 is 1.77 bits per heavy atom. The van der Waals surface area contributed by atoms with Crippen molar-refractivity contribution in [2.45, 2.75) is 38.1 Å².